The van der Waals surface area contributed by atoms with E-state index in [0.717, 1.165) is 19.4 Å². The average molecular weight is 299 g/mol. The standard InChI is InChI=1S/C14H25N3O2S/c1-12-10-20(18,19)9-8-17(12)7-3-6-14(2,11-15)16-13-4-5-13/h12-13,16H,3-10H2,1-2H3. The first-order chi connectivity index (χ1) is 9.34. The van der Waals surface area contributed by atoms with Gasteiger partial charge in [0.2, 0.25) is 0 Å². The van der Waals surface area contributed by atoms with Gasteiger partial charge < -0.3 is 0 Å². The van der Waals surface area contributed by atoms with E-state index >= 15 is 0 Å². The summed E-state index contributed by atoms with van der Waals surface area (Å²) in [7, 11) is -2.84. The van der Waals surface area contributed by atoms with E-state index in [4.69, 9.17) is 0 Å². The second-order valence-electron chi connectivity index (χ2n) is 6.47. The fraction of sp³-hybridized carbons (Fsp3) is 0.929. The molecule has 6 heteroatoms. The summed E-state index contributed by atoms with van der Waals surface area (Å²) in [5.74, 6) is 0.538. The molecule has 0 aromatic carbocycles. The van der Waals surface area contributed by atoms with E-state index < -0.39 is 15.4 Å². The third-order valence-corrected chi connectivity index (χ3v) is 6.07. The Morgan fingerprint density at radius 3 is 2.70 bits per heavy atom. The minimum absolute atomic E-state index is 0.0958. The Morgan fingerprint density at radius 2 is 2.15 bits per heavy atom. The number of sulfone groups is 1. The molecule has 1 aliphatic carbocycles. The van der Waals surface area contributed by atoms with Gasteiger partial charge in [0, 0.05) is 18.6 Å². The maximum Gasteiger partial charge on any atom is 0.153 e. The molecule has 20 heavy (non-hydrogen) atoms. The monoisotopic (exact) mass is 299 g/mol. The van der Waals surface area contributed by atoms with Gasteiger partial charge >= 0.3 is 0 Å². The smallest absolute Gasteiger partial charge is 0.153 e. The van der Waals surface area contributed by atoms with Crippen molar-refractivity contribution in [1.29, 1.82) is 5.26 Å². The van der Waals surface area contributed by atoms with E-state index in [0.29, 0.717) is 12.6 Å². The van der Waals surface area contributed by atoms with Crippen LogP contribution in [0.4, 0.5) is 0 Å². The Kier molecular flexibility index (Phi) is 4.73. The van der Waals surface area contributed by atoms with Gasteiger partial charge in [-0.3, -0.25) is 10.2 Å². The van der Waals surface area contributed by atoms with Crippen molar-refractivity contribution in [2.45, 2.75) is 57.2 Å². The molecule has 2 unspecified atom stereocenters. The Balaban J connectivity index is 1.76. The highest BCUT2D eigenvalue weighted by molar-refractivity contribution is 7.91. The summed E-state index contributed by atoms with van der Waals surface area (Å²) in [6.07, 6.45) is 4.10. The third-order valence-electron chi connectivity index (χ3n) is 4.28. The van der Waals surface area contributed by atoms with Crippen LogP contribution in [-0.2, 0) is 9.84 Å². The lowest BCUT2D eigenvalue weighted by Crippen LogP contribution is -2.48. The molecule has 114 valence electrons. The van der Waals surface area contributed by atoms with E-state index in [1.807, 2.05) is 13.8 Å². The van der Waals surface area contributed by atoms with Crippen LogP contribution >= 0.6 is 0 Å². The summed E-state index contributed by atoms with van der Waals surface area (Å²) < 4.78 is 23.1. The summed E-state index contributed by atoms with van der Waals surface area (Å²) >= 11 is 0. The van der Waals surface area contributed by atoms with Crippen LogP contribution in [0, 0.1) is 11.3 Å². The topological polar surface area (TPSA) is 73.2 Å². The van der Waals surface area contributed by atoms with Crippen molar-refractivity contribution in [1.82, 2.24) is 10.2 Å². The Hall–Kier alpha value is -0.640. The largest absolute Gasteiger partial charge is 0.299 e. The van der Waals surface area contributed by atoms with Crippen LogP contribution in [0.2, 0.25) is 0 Å². The lowest BCUT2D eigenvalue weighted by molar-refractivity contribution is 0.215. The molecule has 2 atom stereocenters. The number of rotatable bonds is 6. The van der Waals surface area contributed by atoms with Gasteiger partial charge in [0.25, 0.3) is 0 Å². The molecule has 0 aromatic heterocycles. The summed E-state index contributed by atoms with van der Waals surface area (Å²) in [4.78, 5) is 2.23. The maximum absolute atomic E-state index is 11.5. The van der Waals surface area contributed by atoms with Crippen molar-refractivity contribution >= 4 is 9.84 Å². The zero-order valence-electron chi connectivity index (χ0n) is 12.4. The number of hydrogen-bond donors (Lipinski definition) is 1. The number of nitrogens with one attached hydrogen (secondary N) is 1. The highest BCUT2D eigenvalue weighted by Gasteiger charge is 2.33. The van der Waals surface area contributed by atoms with E-state index in [9.17, 15) is 13.7 Å². The molecule has 0 radical (unpaired) electrons. The molecule has 1 heterocycles. The first kappa shape index (κ1) is 15.7. The molecular formula is C14H25N3O2S. The lowest BCUT2D eigenvalue weighted by Gasteiger charge is -2.34. The molecule has 1 aliphatic heterocycles. The predicted octanol–water partition coefficient (Wildman–Crippen LogP) is 0.920. The summed E-state index contributed by atoms with van der Waals surface area (Å²) in [6, 6.07) is 3.01. The van der Waals surface area contributed by atoms with Gasteiger partial charge in [0.1, 0.15) is 5.54 Å². The molecule has 0 aromatic rings. The molecular weight excluding hydrogens is 274 g/mol. The molecule has 2 rings (SSSR count). The third kappa shape index (κ3) is 4.44. The fourth-order valence-corrected chi connectivity index (χ4v) is 4.46. The van der Waals surface area contributed by atoms with Crippen LogP contribution in [-0.4, -0.2) is 55.5 Å². The van der Waals surface area contributed by atoms with Gasteiger partial charge in [-0.25, -0.2) is 8.42 Å². The second-order valence-corrected chi connectivity index (χ2v) is 8.69. The molecule has 1 saturated heterocycles. The van der Waals surface area contributed by atoms with Crippen molar-refractivity contribution < 1.29 is 8.42 Å². The van der Waals surface area contributed by atoms with Crippen LogP contribution < -0.4 is 5.32 Å². The molecule has 1 saturated carbocycles. The van der Waals surface area contributed by atoms with Crippen molar-refractivity contribution in [2.24, 2.45) is 0 Å². The zero-order valence-corrected chi connectivity index (χ0v) is 13.2. The Morgan fingerprint density at radius 1 is 1.45 bits per heavy atom. The molecule has 2 aliphatic rings. The quantitative estimate of drug-likeness (QED) is 0.789. The highest BCUT2D eigenvalue weighted by atomic mass is 32.2. The number of nitriles is 1. The molecule has 1 N–H and O–H groups in total. The molecule has 5 nitrogen and oxygen atoms in total. The zero-order chi connectivity index (χ0) is 14.8. The van der Waals surface area contributed by atoms with Gasteiger partial charge in [-0.2, -0.15) is 5.26 Å². The van der Waals surface area contributed by atoms with Crippen LogP contribution in [0.3, 0.4) is 0 Å². The van der Waals surface area contributed by atoms with Gasteiger partial charge in [-0.05, 0) is 46.1 Å². The van der Waals surface area contributed by atoms with E-state index in [2.05, 4.69) is 16.3 Å². The van der Waals surface area contributed by atoms with Gasteiger partial charge in [-0.1, -0.05) is 0 Å². The van der Waals surface area contributed by atoms with E-state index in [-0.39, 0.29) is 17.5 Å². The van der Waals surface area contributed by atoms with Crippen LogP contribution in [0.25, 0.3) is 0 Å². The van der Waals surface area contributed by atoms with E-state index in [1.54, 1.807) is 0 Å². The Labute approximate surface area is 122 Å². The summed E-state index contributed by atoms with van der Waals surface area (Å²) in [5.41, 5.74) is -0.438. The minimum atomic E-state index is -2.84. The molecule has 0 amide bonds. The predicted molar refractivity (Wildman–Crippen MR) is 79.1 cm³/mol. The average Bonchev–Trinajstić information content (AvgIpc) is 3.15. The second kappa shape index (κ2) is 6.00. The summed E-state index contributed by atoms with van der Waals surface area (Å²) in [5, 5.41) is 12.7. The number of nitrogens with zero attached hydrogens (tertiary/aromatic N) is 2. The van der Waals surface area contributed by atoms with Gasteiger partial charge in [-0.15, -0.1) is 0 Å². The normalized spacial score (nSPS) is 29.6. The Bertz CT molecular complexity index is 481. The highest BCUT2D eigenvalue weighted by Crippen LogP contribution is 2.24. The van der Waals surface area contributed by atoms with Crippen LogP contribution in [0.5, 0.6) is 0 Å². The van der Waals surface area contributed by atoms with Gasteiger partial charge in [0.05, 0.1) is 17.6 Å². The first-order valence-corrected chi connectivity index (χ1v) is 9.29. The minimum Gasteiger partial charge on any atom is -0.299 e. The summed E-state index contributed by atoms with van der Waals surface area (Å²) in [6.45, 7) is 5.45. The van der Waals surface area contributed by atoms with Crippen LogP contribution in [0.15, 0.2) is 0 Å². The molecule has 0 spiro atoms. The first-order valence-electron chi connectivity index (χ1n) is 7.47. The van der Waals surface area contributed by atoms with Crippen molar-refractivity contribution in [2.75, 3.05) is 24.6 Å². The fourth-order valence-electron chi connectivity index (χ4n) is 2.84. The maximum atomic E-state index is 11.5. The molecule has 2 fully saturated rings. The SMILES string of the molecule is CC1CS(=O)(=O)CCN1CCCC(C)(C#N)NC1CC1. The van der Waals surface area contributed by atoms with Crippen molar-refractivity contribution in [3.63, 3.8) is 0 Å². The van der Waals surface area contributed by atoms with Gasteiger partial charge in [0.15, 0.2) is 9.84 Å². The van der Waals surface area contributed by atoms with E-state index in [1.165, 1.54) is 12.8 Å². The van der Waals surface area contributed by atoms with Crippen molar-refractivity contribution in [3.05, 3.63) is 0 Å². The van der Waals surface area contributed by atoms with Crippen LogP contribution in [0.1, 0.15) is 39.5 Å². The van der Waals surface area contributed by atoms with Crippen molar-refractivity contribution in [3.8, 4) is 6.07 Å². The molecule has 0 bridgehead atoms. The lowest BCUT2D eigenvalue weighted by atomic mass is 9.97. The number of hydrogen-bond acceptors (Lipinski definition) is 5.